The van der Waals surface area contributed by atoms with Crippen LogP contribution in [0, 0.1) is 11.3 Å². The van der Waals surface area contributed by atoms with Crippen molar-refractivity contribution in [1.29, 1.82) is 5.26 Å². The number of halogens is 1. The SMILES string of the molecule is COc1cc(/C=C2/N=C(c3cc(Cl)ccc3OC)OC2=O)ccc1OCC#N. The molecular weight excluding hydrogens is 384 g/mol. The summed E-state index contributed by atoms with van der Waals surface area (Å²) in [5.41, 5.74) is 1.24. The van der Waals surface area contributed by atoms with Gasteiger partial charge in [-0.1, -0.05) is 17.7 Å². The lowest BCUT2D eigenvalue weighted by Crippen LogP contribution is -2.07. The Morgan fingerprint density at radius 3 is 2.61 bits per heavy atom. The van der Waals surface area contributed by atoms with Gasteiger partial charge in [0.05, 0.1) is 19.8 Å². The Labute approximate surface area is 166 Å². The average Bonchev–Trinajstić information content (AvgIpc) is 3.07. The highest BCUT2D eigenvalue weighted by Gasteiger charge is 2.26. The highest BCUT2D eigenvalue weighted by molar-refractivity contribution is 6.31. The second-order valence-electron chi connectivity index (χ2n) is 5.54. The van der Waals surface area contributed by atoms with Gasteiger partial charge in [-0.25, -0.2) is 9.79 Å². The molecule has 2 aromatic carbocycles. The van der Waals surface area contributed by atoms with E-state index in [1.165, 1.54) is 14.2 Å². The van der Waals surface area contributed by atoms with Gasteiger partial charge in [-0.15, -0.1) is 0 Å². The van der Waals surface area contributed by atoms with E-state index < -0.39 is 5.97 Å². The fraction of sp³-hybridized carbons (Fsp3) is 0.150. The average molecular weight is 399 g/mol. The molecule has 0 fully saturated rings. The highest BCUT2D eigenvalue weighted by atomic mass is 35.5. The first-order chi connectivity index (χ1) is 13.5. The van der Waals surface area contributed by atoms with Crippen LogP contribution in [0.25, 0.3) is 6.08 Å². The number of nitrogens with zero attached hydrogens (tertiary/aromatic N) is 2. The van der Waals surface area contributed by atoms with E-state index in [1.807, 2.05) is 6.07 Å². The summed E-state index contributed by atoms with van der Waals surface area (Å²) in [5, 5.41) is 9.09. The van der Waals surface area contributed by atoms with E-state index in [9.17, 15) is 4.79 Å². The number of ether oxygens (including phenoxy) is 4. The van der Waals surface area contributed by atoms with Gasteiger partial charge in [-0.05, 0) is 42.0 Å². The highest BCUT2D eigenvalue weighted by Crippen LogP contribution is 2.31. The summed E-state index contributed by atoms with van der Waals surface area (Å²) in [4.78, 5) is 16.5. The smallest absolute Gasteiger partial charge is 0.363 e. The van der Waals surface area contributed by atoms with Crippen LogP contribution >= 0.6 is 11.6 Å². The number of esters is 1. The standard InChI is InChI=1S/C20H15ClN2O5/c1-25-16-6-4-13(21)11-14(16)19-23-15(20(24)28-19)9-12-3-5-17(27-8-7-22)18(10-12)26-2/h3-6,9-11H,8H2,1-2H3/b15-9+. The zero-order chi connectivity index (χ0) is 20.1. The number of carbonyl (C=O) groups is 1. The molecule has 0 unspecified atom stereocenters. The number of rotatable bonds is 6. The quantitative estimate of drug-likeness (QED) is 0.545. The molecule has 0 atom stereocenters. The Bertz CT molecular complexity index is 1020. The van der Waals surface area contributed by atoms with Crippen LogP contribution in [0.1, 0.15) is 11.1 Å². The van der Waals surface area contributed by atoms with Crippen LogP contribution in [0.2, 0.25) is 5.02 Å². The second-order valence-corrected chi connectivity index (χ2v) is 5.97. The molecule has 1 heterocycles. The number of benzene rings is 2. The van der Waals surface area contributed by atoms with Crippen LogP contribution in [0.3, 0.4) is 0 Å². The minimum Gasteiger partial charge on any atom is -0.496 e. The molecule has 8 heteroatoms. The fourth-order valence-electron chi connectivity index (χ4n) is 2.53. The molecule has 0 radical (unpaired) electrons. The molecular formula is C20H15ClN2O5. The van der Waals surface area contributed by atoms with Crippen molar-refractivity contribution in [2.45, 2.75) is 0 Å². The van der Waals surface area contributed by atoms with E-state index in [-0.39, 0.29) is 18.2 Å². The third-order valence-corrected chi connectivity index (χ3v) is 4.03. The van der Waals surface area contributed by atoms with Crippen molar-refractivity contribution in [3.63, 3.8) is 0 Å². The topological polar surface area (TPSA) is 90.1 Å². The van der Waals surface area contributed by atoms with E-state index in [4.69, 9.17) is 35.8 Å². The summed E-state index contributed by atoms with van der Waals surface area (Å²) in [6, 6.07) is 11.9. The molecule has 28 heavy (non-hydrogen) atoms. The Morgan fingerprint density at radius 1 is 1.14 bits per heavy atom. The summed E-state index contributed by atoms with van der Waals surface area (Å²) < 4.78 is 21.1. The van der Waals surface area contributed by atoms with Gasteiger partial charge < -0.3 is 18.9 Å². The molecule has 1 aliphatic heterocycles. The number of hydrogen-bond donors (Lipinski definition) is 0. The summed E-state index contributed by atoms with van der Waals surface area (Å²) in [6.45, 7) is -0.0990. The van der Waals surface area contributed by atoms with Crippen molar-refractivity contribution >= 4 is 29.5 Å². The monoisotopic (exact) mass is 398 g/mol. The van der Waals surface area contributed by atoms with Crippen molar-refractivity contribution < 1.29 is 23.7 Å². The van der Waals surface area contributed by atoms with Gasteiger partial charge in [-0.3, -0.25) is 0 Å². The molecule has 0 aromatic heterocycles. The number of nitriles is 1. The van der Waals surface area contributed by atoms with Gasteiger partial charge in [-0.2, -0.15) is 5.26 Å². The van der Waals surface area contributed by atoms with Gasteiger partial charge in [0.2, 0.25) is 5.90 Å². The van der Waals surface area contributed by atoms with Crippen molar-refractivity contribution in [2.75, 3.05) is 20.8 Å². The molecule has 0 bridgehead atoms. The Hall–Kier alpha value is -3.50. The number of hydrogen-bond acceptors (Lipinski definition) is 7. The molecule has 1 aliphatic rings. The third kappa shape index (κ3) is 4.08. The van der Waals surface area contributed by atoms with E-state index >= 15 is 0 Å². The fourth-order valence-corrected chi connectivity index (χ4v) is 2.70. The van der Waals surface area contributed by atoms with Gasteiger partial charge in [0.25, 0.3) is 0 Å². The van der Waals surface area contributed by atoms with Crippen LogP contribution in [0.4, 0.5) is 0 Å². The van der Waals surface area contributed by atoms with E-state index in [0.717, 1.165) is 0 Å². The van der Waals surface area contributed by atoms with Crippen LogP contribution in [0.15, 0.2) is 47.1 Å². The zero-order valence-electron chi connectivity index (χ0n) is 15.1. The van der Waals surface area contributed by atoms with Crippen LogP contribution in [0.5, 0.6) is 17.2 Å². The first-order valence-corrected chi connectivity index (χ1v) is 8.47. The van der Waals surface area contributed by atoms with Gasteiger partial charge >= 0.3 is 5.97 Å². The van der Waals surface area contributed by atoms with Crippen molar-refractivity contribution in [3.05, 3.63) is 58.2 Å². The molecule has 0 aliphatic carbocycles. The third-order valence-electron chi connectivity index (χ3n) is 3.80. The minimum atomic E-state index is -0.596. The molecule has 2 aromatic rings. The van der Waals surface area contributed by atoms with E-state index in [0.29, 0.717) is 33.4 Å². The second kappa shape index (κ2) is 8.46. The molecule has 0 saturated heterocycles. The predicted molar refractivity (Wildman–Crippen MR) is 103 cm³/mol. The molecule has 0 spiro atoms. The summed E-state index contributed by atoms with van der Waals surface area (Å²) in [5.74, 6) is 0.847. The van der Waals surface area contributed by atoms with Gasteiger partial charge in [0.15, 0.2) is 23.8 Å². The Morgan fingerprint density at radius 2 is 1.89 bits per heavy atom. The zero-order valence-corrected chi connectivity index (χ0v) is 15.8. The van der Waals surface area contributed by atoms with E-state index in [2.05, 4.69) is 4.99 Å². The molecule has 7 nitrogen and oxygen atoms in total. The molecule has 0 N–H and O–H groups in total. The first-order valence-electron chi connectivity index (χ1n) is 8.10. The van der Waals surface area contributed by atoms with Crippen LogP contribution in [-0.2, 0) is 9.53 Å². The number of cyclic esters (lactones) is 1. The molecule has 142 valence electrons. The Kier molecular flexibility index (Phi) is 5.82. The lowest BCUT2D eigenvalue weighted by atomic mass is 10.1. The van der Waals surface area contributed by atoms with E-state index in [1.54, 1.807) is 42.5 Å². The molecule has 3 rings (SSSR count). The maximum absolute atomic E-state index is 12.2. The maximum atomic E-state index is 12.2. The van der Waals surface area contributed by atoms with Gasteiger partial charge in [0, 0.05) is 5.02 Å². The maximum Gasteiger partial charge on any atom is 0.363 e. The number of aliphatic imine (C=N–C) groups is 1. The predicted octanol–water partition coefficient (Wildman–Crippen LogP) is 3.60. The van der Waals surface area contributed by atoms with Crippen LogP contribution in [-0.4, -0.2) is 32.7 Å². The summed E-state index contributed by atoms with van der Waals surface area (Å²) >= 11 is 6.03. The summed E-state index contributed by atoms with van der Waals surface area (Å²) in [7, 11) is 2.99. The molecule has 0 amide bonds. The number of carbonyl (C=O) groups excluding carboxylic acids is 1. The first kappa shape index (κ1) is 19.3. The van der Waals surface area contributed by atoms with Crippen molar-refractivity contribution in [3.8, 4) is 23.3 Å². The lowest BCUT2D eigenvalue weighted by molar-refractivity contribution is -0.129. The van der Waals surface area contributed by atoms with Crippen molar-refractivity contribution in [2.24, 2.45) is 4.99 Å². The minimum absolute atomic E-state index is 0.0990. The summed E-state index contributed by atoms with van der Waals surface area (Å²) in [6.07, 6.45) is 1.56. The molecule has 0 saturated carbocycles. The largest absolute Gasteiger partial charge is 0.496 e. The van der Waals surface area contributed by atoms with Crippen LogP contribution < -0.4 is 14.2 Å². The lowest BCUT2D eigenvalue weighted by Gasteiger charge is -2.08. The van der Waals surface area contributed by atoms with Crippen molar-refractivity contribution in [1.82, 2.24) is 0 Å². The number of methoxy groups -OCH3 is 2. The van der Waals surface area contributed by atoms with Gasteiger partial charge in [0.1, 0.15) is 11.8 Å². The Balaban J connectivity index is 1.94. The normalized spacial score (nSPS) is 14.3.